The normalized spacial score (nSPS) is 12.3. The van der Waals surface area contributed by atoms with Gasteiger partial charge in [0, 0.05) is 7.11 Å². The van der Waals surface area contributed by atoms with E-state index in [1.807, 2.05) is 18.2 Å². The molecule has 0 unspecified atom stereocenters. The Hall–Kier alpha value is -1.37. The molecule has 20 heavy (non-hydrogen) atoms. The third kappa shape index (κ3) is 3.82. The summed E-state index contributed by atoms with van der Waals surface area (Å²) < 4.78 is 11.4. The molecule has 0 fully saturated rings. The van der Waals surface area contributed by atoms with Crippen LogP contribution in [0.5, 0.6) is 5.75 Å². The molecule has 0 saturated carbocycles. The molecule has 0 spiro atoms. The first-order chi connectivity index (χ1) is 9.60. The van der Waals surface area contributed by atoms with E-state index in [-0.39, 0.29) is 5.91 Å². The van der Waals surface area contributed by atoms with Gasteiger partial charge in [-0.2, -0.15) is 0 Å². The summed E-state index contributed by atoms with van der Waals surface area (Å²) in [4.78, 5) is 15.8. The zero-order chi connectivity index (χ0) is 14.5. The average Bonchev–Trinajstić information content (AvgIpc) is 2.80. The molecule has 2 aromatic rings. The molecular weight excluding hydrogens is 300 g/mol. The number of fused-ring (bicyclic) bond motifs is 1. The van der Waals surface area contributed by atoms with Crippen molar-refractivity contribution in [2.24, 2.45) is 0 Å². The summed E-state index contributed by atoms with van der Waals surface area (Å²) in [6.07, 6.45) is 0. The largest absolute Gasteiger partial charge is 0.491 e. The zero-order valence-corrected chi connectivity index (χ0v) is 12.8. The van der Waals surface area contributed by atoms with E-state index in [1.165, 1.54) is 11.3 Å². The first-order valence-electron chi connectivity index (χ1n) is 6.07. The van der Waals surface area contributed by atoms with Crippen LogP contribution in [-0.2, 0) is 9.53 Å². The second-order valence-corrected chi connectivity index (χ2v) is 5.78. The number of aromatic nitrogens is 1. The Balaban J connectivity index is 2.11. The average molecular weight is 315 g/mol. The number of anilines is 1. The van der Waals surface area contributed by atoms with Gasteiger partial charge in [-0.15, -0.1) is 11.6 Å². The Morgan fingerprint density at radius 1 is 1.50 bits per heavy atom. The van der Waals surface area contributed by atoms with Crippen LogP contribution in [-0.4, -0.2) is 36.6 Å². The summed E-state index contributed by atoms with van der Waals surface area (Å²) in [6.45, 7) is 2.65. The number of halogens is 1. The highest BCUT2D eigenvalue weighted by Crippen LogP contribution is 2.29. The molecule has 5 nitrogen and oxygen atoms in total. The van der Waals surface area contributed by atoms with E-state index in [2.05, 4.69) is 10.3 Å². The number of nitrogens with zero attached hydrogens (tertiary/aromatic N) is 1. The summed E-state index contributed by atoms with van der Waals surface area (Å²) in [5.74, 6) is 0.490. The minimum atomic E-state index is -0.588. The molecule has 2 rings (SSSR count). The van der Waals surface area contributed by atoms with Crippen LogP contribution in [0.1, 0.15) is 6.92 Å². The molecule has 0 aliphatic rings. The lowest BCUT2D eigenvalue weighted by Gasteiger charge is -2.04. The maximum absolute atomic E-state index is 11.5. The highest BCUT2D eigenvalue weighted by molar-refractivity contribution is 7.22. The number of hydrogen-bond acceptors (Lipinski definition) is 5. The molecule has 0 radical (unpaired) electrons. The van der Waals surface area contributed by atoms with Crippen LogP contribution < -0.4 is 10.1 Å². The number of methoxy groups -OCH3 is 1. The quantitative estimate of drug-likeness (QED) is 0.658. The number of carbonyl (C=O) groups is 1. The van der Waals surface area contributed by atoms with E-state index in [9.17, 15) is 4.79 Å². The molecule has 108 valence electrons. The van der Waals surface area contributed by atoms with Crippen molar-refractivity contribution < 1.29 is 14.3 Å². The van der Waals surface area contributed by atoms with Crippen molar-refractivity contribution in [3.05, 3.63) is 18.2 Å². The van der Waals surface area contributed by atoms with Crippen LogP contribution in [0.2, 0.25) is 0 Å². The van der Waals surface area contributed by atoms with Crippen molar-refractivity contribution in [2.75, 3.05) is 25.6 Å². The molecule has 0 aliphatic carbocycles. The smallest absolute Gasteiger partial charge is 0.243 e. The van der Waals surface area contributed by atoms with Gasteiger partial charge in [0.1, 0.15) is 17.7 Å². The molecule has 1 N–H and O–H groups in total. The SMILES string of the molecule is COCCOc1ccc2nc(NC(=O)[C@H](C)Cl)sc2c1. The minimum Gasteiger partial charge on any atom is -0.491 e. The van der Waals surface area contributed by atoms with Crippen molar-refractivity contribution in [3.63, 3.8) is 0 Å². The Bertz CT molecular complexity index is 600. The molecule has 1 aromatic carbocycles. The van der Waals surface area contributed by atoms with Crippen LogP contribution in [0.25, 0.3) is 10.2 Å². The summed E-state index contributed by atoms with van der Waals surface area (Å²) in [6, 6.07) is 5.59. The lowest BCUT2D eigenvalue weighted by Crippen LogP contribution is -2.19. The first kappa shape index (κ1) is 15.0. The van der Waals surface area contributed by atoms with E-state index in [0.29, 0.717) is 18.3 Å². The predicted octanol–water partition coefficient (Wildman–Crippen LogP) is 2.89. The molecule has 1 aromatic heterocycles. The van der Waals surface area contributed by atoms with Crippen molar-refractivity contribution in [2.45, 2.75) is 12.3 Å². The van der Waals surface area contributed by atoms with Gasteiger partial charge in [-0.1, -0.05) is 11.3 Å². The Morgan fingerprint density at radius 2 is 2.30 bits per heavy atom. The fourth-order valence-electron chi connectivity index (χ4n) is 1.50. The van der Waals surface area contributed by atoms with Crippen LogP contribution >= 0.6 is 22.9 Å². The predicted molar refractivity (Wildman–Crippen MR) is 80.9 cm³/mol. The lowest BCUT2D eigenvalue weighted by molar-refractivity contribution is -0.115. The molecule has 1 amide bonds. The number of ether oxygens (including phenoxy) is 2. The number of hydrogen-bond donors (Lipinski definition) is 1. The molecular formula is C13H15ClN2O3S. The van der Waals surface area contributed by atoms with E-state index in [1.54, 1.807) is 14.0 Å². The van der Waals surface area contributed by atoms with E-state index < -0.39 is 5.38 Å². The second kappa shape index (κ2) is 6.88. The van der Waals surface area contributed by atoms with Crippen molar-refractivity contribution >= 4 is 44.2 Å². The first-order valence-corrected chi connectivity index (χ1v) is 7.32. The minimum absolute atomic E-state index is 0.262. The molecule has 0 bridgehead atoms. The van der Waals surface area contributed by atoms with Gasteiger partial charge in [0.15, 0.2) is 5.13 Å². The molecule has 1 heterocycles. The number of amides is 1. The van der Waals surface area contributed by atoms with Gasteiger partial charge in [-0.3, -0.25) is 4.79 Å². The zero-order valence-electron chi connectivity index (χ0n) is 11.2. The van der Waals surface area contributed by atoms with Gasteiger partial charge in [0.25, 0.3) is 0 Å². The summed E-state index contributed by atoms with van der Waals surface area (Å²) in [7, 11) is 1.63. The monoisotopic (exact) mass is 314 g/mol. The maximum atomic E-state index is 11.5. The van der Waals surface area contributed by atoms with Gasteiger partial charge in [0.2, 0.25) is 5.91 Å². The number of carbonyl (C=O) groups excluding carboxylic acids is 1. The highest BCUT2D eigenvalue weighted by Gasteiger charge is 2.12. The Morgan fingerprint density at radius 3 is 3.00 bits per heavy atom. The number of benzene rings is 1. The van der Waals surface area contributed by atoms with Crippen molar-refractivity contribution in [3.8, 4) is 5.75 Å². The van der Waals surface area contributed by atoms with Crippen molar-refractivity contribution in [1.82, 2.24) is 4.98 Å². The van der Waals surface area contributed by atoms with Gasteiger partial charge in [0.05, 0.1) is 16.8 Å². The standard InChI is InChI=1S/C13H15ClN2O3S/c1-8(14)12(17)16-13-15-10-4-3-9(7-11(10)20-13)19-6-5-18-2/h3-4,7-8H,5-6H2,1-2H3,(H,15,16,17)/t8-/m0/s1. The van der Waals surface area contributed by atoms with E-state index >= 15 is 0 Å². The Labute approximate surface area is 125 Å². The van der Waals surface area contributed by atoms with Crippen molar-refractivity contribution in [1.29, 1.82) is 0 Å². The van der Waals surface area contributed by atoms with Crippen LogP contribution in [0.4, 0.5) is 5.13 Å². The van der Waals surface area contributed by atoms with E-state index in [0.717, 1.165) is 16.0 Å². The number of alkyl halides is 1. The third-order valence-electron chi connectivity index (χ3n) is 2.51. The molecule has 0 saturated heterocycles. The summed E-state index contributed by atoms with van der Waals surface area (Å²) >= 11 is 7.09. The fourth-order valence-corrected chi connectivity index (χ4v) is 2.45. The van der Waals surface area contributed by atoms with E-state index in [4.69, 9.17) is 21.1 Å². The highest BCUT2D eigenvalue weighted by atomic mass is 35.5. The number of rotatable bonds is 6. The van der Waals surface area contributed by atoms with Gasteiger partial charge in [-0.05, 0) is 25.1 Å². The van der Waals surface area contributed by atoms with Crippen LogP contribution in [0.15, 0.2) is 18.2 Å². The lowest BCUT2D eigenvalue weighted by atomic mass is 10.3. The Kier molecular flexibility index (Phi) is 5.17. The van der Waals surface area contributed by atoms with Gasteiger partial charge < -0.3 is 14.8 Å². The number of thiazole rings is 1. The molecule has 7 heteroatoms. The van der Waals surface area contributed by atoms with Crippen LogP contribution in [0, 0.1) is 0 Å². The van der Waals surface area contributed by atoms with Gasteiger partial charge in [-0.25, -0.2) is 4.98 Å². The fraction of sp³-hybridized carbons (Fsp3) is 0.385. The van der Waals surface area contributed by atoms with Gasteiger partial charge >= 0.3 is 0 Å². The summed E-state index contributed by atoms with van der Waals surface area (Å²) in [5, 5.41) is 2.62. The third-order valence-corrected chi connectivity index (χ3v) is 3.64. The molecule has 0 aliphatic heterocycles. The maximum Gasteiger partial charge on any atom is 0.243 e. The molecule has 1 atom stereocenters. The summed E-state index contributed by atoms with van der Waals surface area (Å²) in [5.41, 5.74) is 0.812. The second-order valence-electron chi connectivity index (χ2n) is 4.10. The topological polar surface area (TPSA) is 60.5 Å². The number of nitrogens with one attached hydrogen (secondary N) is 1. The van der Waals surface area contributed by atoms with Crippen LogP contribution in [0.3, 0.4) is 0 Å².